The molecule has 140 valence electrons. The second kappa shape index (κ2) is 6.74. The number of carbonyl (C=O) groups excluding carboxylic acids is 1. The molecule has 0 unspecified atom stereocenters. The van der Waals surface area contributed by atoms with E-state index in [1.165, 1.54) is 0 Å². The van der Waals surface area contributed by atoms with Crippen LogP contribution in [0.2, 0.25) is 0 Å². The molecule has 0 saturated heterocycles. The lowest BCUT2D eigenvalue weighted by molar-refractivity contribution is 0.0941. The highest BCUT2D eigenvalue weighted by molar-refractivity contribution is 7.09. The number of ether oxygens (including phenoxy) is 2. The number of nitrogens with zero attached hydrogens (tertiary/aromatic N) is 1. The van der Waals surface area contributed by atoms with E-state index >= 15 is 0 Å². The number of nitrogens with one attached hydrogen (secondary N) is 2. The molecule has 0 fully saturated rings. The van der Waals surface area contributed by atoms with Gasteiger partial charge in [-0.25, -0.2) is 4.98 Å². The van der Waals surface area contributed by atoms with Crippen LogP contribution in [-0.2, 0) is 5.41 Å². The van der Waals surface area contributed by atoms with Crippen molar-refractivity contribution in [1.29, 1.82) is 0 Å². The van der Waals surface area contributed by atoms with Crippen molar-refractivity contribution in [3.05, 3.63) is 52.1 Å². The molecule has 3 heterocycles. The van der Waals surface area contributed by atoms with Crippen LogP contribution in [0.1, 0.15) is 34.9 Å². The van der Waals surface area contributed by atoms with Gasteiger partial charge in [-0.05, 0) is 30.7 Å². The van der Waals surface area contributed by atoms with Crippen LogP contribution in [0.5, 0.6) is 11.5 Å². The Morgan fingerprint density at radius 1 is 1.30 bits per heavy atom. The average molecular weight is 383 g/mol. The molecule has 4 rings (SSSR count). The molecule has 0 radical (unpaired) electrons. The molecule has 6 nitrogen and oxygen atoms in total. The Kier molecular flexibility index (Phi) is 4.39. The van der Waals surface area contributed by atoms with E-state index < -0.39 is 0 Å². The zero-order valence-electron chi connectivity index (χ0n) is 15.5. The molecule has 0 saturated carbocycles. The Labute approximate surface area is 161 Å². The number of aryl methyl sites for hydroxylation is 1. The largest absolute Gasteiger partial charge is 0.454 e. The van der Waals surface area contributed by atoms with Gasteiger partial charge >= 0.3 is 0 Å². The number of carbonyl (C=O) groups is 1. The van der Waals surface area contributed by atoms with Crippen LogP contribution >= 0.6 is 11.3 Å². The van der Waals surface area contributed by atoms with Crippen molar-refractivity contribution in [2.75, 3.05) is 13.3 Å². The number of rotatable bonds is 5. The third-order valence-corrected chi connectivity index (χ3v) is 5.46. The number of hydrogen-bond donors (Lipinski definition) is 2. The smallest absolute Gasteiger partial charge is 0.267 e. The summed E-state index contributed by atoms with van der Waals surface area (Å²) < 4.78 is 10.8. The minimum absolute atomic E-state index is 0.137. The molecule has 2 aromatic heterocycles. The summed E-state index contributed by atoms with van der Waals surface area (Å²) in [6, 6.07) is 7.73. The van der Waals surface area contributed by atoms with Gasteiger partial charge in [0.05, 0.1) is 10.7 Å². The summed E-state index contributed by atoms with van der Waals surface area (Å²) in [5.74, 6) is 1.37. The predicted octanol–water partition coefficient (Wildman–Crippen LogP) is 3.88. The summed E-state index contributed by atoms with van der Waals surface area (Å²) in [5.41, 5.74) is 3.15. The molecular weight excluding hydrogens is 362 g/mol. The summed E-state index contributed by atoms with van der Waals surface area (Å²) >= 11 is 1.59. The Morgan fingerprint density at radius 3 is 2.89 bits per heavy atom. The van der Waals surface area contributed by atoms with Gasteiger partial charge in [-0.3, -0.25) is 4.79 Å². The van der Waals surface area contributed by atoms with Crippen molar-refractivity contribution in [1.82, 2.24) is 15.3 Å². The molecule has 1 aliphatic rings. The zero-order chi connectivity index (χ0) is 19.0. The van der Waals surface area contributed by atoms with E-state index in [-0.39, 0.29) is 18.1 Å². The molecule has 0 atom stereocenters. The van der Waals surface area contributed by atoms with Crippen molar-refractivity contribution in [2.45, 2.75) is 26.2 Å². The van der Waals surface area contributed by atoms with Gasteiger partial charge in [0.1, 0.15) is 5.69 Å². The van der Waals surface area contributed by atoms with Gasteiger partial charge in [-0.1, -0.05) is 19.9 Å². The van der Waals surface area contributed by atoms with Crippen molar-refractivity contribution in [3.8, 4) is 22.8 Å². The molecule has 2 N–H and O–H groups in total. The van der Waals surface area contributed by atoms with E-state index in [0.29, 0.717) is 12.2 Å². The summed E-state index contributed by atoms with van der Waals surface area (Å²) in [6.07, 6.45) is 1.81. The molecule has 1 aromatic carbocycles. The first-order valence-corrected chi connectivity index (χ1v) is 9.59. The number of H-pyrrole nitrogens is 1. The fourth-order valence-electron chi connectivity index (χ4n) is 2.99. The monoisotopic (exact) mass is 383 g/mol. The van der Waals surface area contributed by atoms with E-state index in [4.69, 9.17) is 9.47 Å². The molecular formula is C20H21N3O3S. The summed E-state index contributed by atoms with van der Waals surface area (Å²) in [7, 11) is 0. The highest BCUT2D eigenvalue weighted by atomic mass is 32.1. The van der Waals surface area contributed by atoms with Crippen LogP contribution in [-0.4, -0.2) is 29.2 Å². The molecule has 1 amide bonds. The van der Waals surface area contributed by atoms with Crippen molar-refractivity contribution < 1.29 is 14.3 Å². The van der Waals surface area contributed by atoms with Crippen LogP contribution in [0, 0.1) is 6.92 Å². The fraction of sp³-hybridized carbons (Fsp3) is 0.300. The third-order valence-electron chi connectivity index (χ3n) is 4.69. The van der Waals surface area contributed by atoms with Gasteiger partial charge in [-0.2, -0.15) is 0 Å². The van der Waals surface area contributed by atoms with Gasteiger partial charge in [0, 0.05) is 29.1 Å². The number of amides is 1. The average Bonchev–Trinajstić information content (AvgIpc) is 3.38. The van der Waals surface area contributed by atoms with Crippen LogP contribution < -0.4 is 14.8 Å². The SMILES string of the molecule is Cc1nc(-c2c[nH]c(C(=O)NCC(C)(C)c3ccc4c(c3)OCO4)c2)cs1. The lowest BCUT2D eigenvalue weighted by Crippen LogP contribution is -2.36. The van der Waals surface area contributed by atoms with Crippen molar-refractivity contribution in [3.63, 3.8) is 0 Å². The zero-order valence-corrected chi connectivity index (χ0v) is 16.3. The molecule has 0 spiro atoms. The van der Waals surface area contributed by atoms with E-state index in [2.05, 4.69) is 29.1 Å². The summed E-state index contributed by atoms with van der Waals surface area (Å²) in [4.78, 5) is 20.0. The van der Waals surface area contributed by atoms with E-state index in [1.54, 1.807) is 11.3 Å². The Bertz CT molecular complexity index is 990. The highest BCUT2D eigenvalue weighted by Crippen LogP contribution is 2.36. The van der Waals surface area contributed by atoms with Crippen LogP contribution in [0.25, 0.3) is 11.3 Å². The standard InChI is InChI=1S/C20H21N3O3S/c1-12-23-16(9-27-12)13-6-15(21-8-13)19(24)22-10-20(2,3)14-4-5-17-18(7-14)26-11-25-17/h4-9,21H,10-11H2,1-3H3,(H,22,24). The van der Waals surface area contributed by atoms with Gasteiger partial charge < -0.3 is 19.8 Å². The van der Waals surface area contributed by atoms with Gasteiger partial charge in [0.2, 0.25) is 6.79 Å². The van der Waals surface area contributed by atoms with Gasteiger partial charge in [0.25, 0.3) is 5.91 Å². The highest BCUT2D eigenvalue weighted by Gasteiger charge is 2.25. The normalized spacial score (nSPS) is 13.0. The number of fused-ring (bicyclic) bond motifs is 1. The number of thiazole rings is 1. The first-order chi connectivity index (χ1) is 12.9. The topological polar surface area (TPSA) is 76.2 Å². The molecule has 27 heavy (non-hydrogen) atoms. The van der Waals surface area contributed by atoms with Gasteiger partial charge in [0.15, 0.2) is 11.5 Å². The van der Waals surface area contributed by atoms with E-state index in [1.807, 2.05) is 42.8 Å². The molecule has 0 aliphatic carbocycles. The number of aromatic nitrogens is 2. The summed E-state index contributed by atoms with van der Waals surface area (Å²) in [5, 5.41) is 6.01. The predicted molar refractivity (Wildman–Crippen MR) is 105 cm³/mol. The molecule has 3 aromatic rings. The lowest BCUT2D eigenvalue weighted by atomic mass is 9.84. The Morgan fingerprint density at radius 2 is 2.11 bits per heavy atom. The lowest BCUT2D eigenvalue weighted by Gasteiger charge is -2.25. The molecule has 1 aliphatic heterocycles. The Hall–Kier alpha value is -2.80. The maximum atomic E-state index is 12.6. The first kappa shape index (κ1) is 17.6. The van der Waals surface area contributed by atoms with Crippen molar-refractivity contribution in [2.24, 2.45) is 0 Å². The molecule has 0 bridgehead atoms. The van der Waals surface area contributed by atoms with E-state index in [0.717, 1.165) is 33.3 Å². The quantitative estimate of drug-likeness (QED) is 0.701. The second-order valence-electron chi connectivity index (χ2n) is 7.19. The number of benzene rings is 1. The van der Waals surface area contributed by atoms with Crippen LogP contribution in [0.3, 0.4) is 0 Å². The third kappa shape index (κ3) is 3.55. The second-order valence-corrected chi connectivity index (χ2v) is 8.25. The minimum atomic E-state index is -0.252. The first-order valence-electron chi connectivity index (χ1n) is 8.72. The van der Waals surface area contributed by atoms with Crippen LogP contribution in [0.15, 0.2) is 35.8 Å². The molecule has 7 heteroatoms. The summed E-state index contributed by atoms with van der Waals surface area (Å²) in [6.45, 7) is 6.89. The minimum Gasteiger partial charge on any atom is -0.454 e. The maximum Gasteiger partial charge on any atom is 0.267 e. The fourth-order valence-corrected chi connectivity index (χ4v) is 3.61. The number of aromatic amines is 1. The number of hydrogen-bond acceptors (Lipinski definition) is 5. The Balaban J connectivity index is 1.43. The van der Waals surface area contributed by atoms with Gasteiger partial charge in [-0.15, -0.1) is 11.3 Å². The van der Waals surface area contributed by atoms with Crippen molar-refractivity contribution >= 4 is 17.2 Å². The van der Waals surface area contributed by atoms with Crippen LogP contribution in [0.4, 0.5) is 0 Å². The maximum absolute atomic E-state index is 12.6. The van der Waals surface area contributed by atoms with E-state index in [9.17, 15) is 4.79 Å².